The zero-order chi connectivity index (χ0) is 24.2. The first-order valence-corrected chi connectivity index (χ1v) is 12.0. The number of nitrogens with zero attached hydrogens (tertiary/aromatic N) is 5. The number of carbonyl (C=O) groups excluding carboxylic acids is 1. The van der Waals surface area contributed by atoms with E-state index < -0.39 is 0 Å². The van der Waals surface area contributed by atoms with Crippen molar-refractivity contribution in [2.24, 2.45) is 5.10 Å². The van der Waals surface area contributed by atoms with E-state index in [4.69, 9.17) is 14.6 Å². The van der Waals surface area contributed by atoms with Crippen LogP contribution in [0.1, 0.15) is 37.6 Å². The fourth-order valence-corrected chi connectivity index (χ4v) is 4.45. The topological polar surface area (TPSA) is 66.9 Å². The average molecular weight is 468 g/mol. The van der Waals surface area contributed by atoms with Crippen molar-refractivity contribution >= 4 is 11.6 Å². The van der Waals surface area contributed by atoms with Gasteiger partial charge in [-0.3, -0.25) is 9.69 Å². The van der Waals surface area contributed by atoms with Gasteiger partial charge >= 0.3 is 0 Å². The molecule has 0 spiro atoms. The van der Waals surface area contributed by atoms with Gasteiger partial charge in [-0.15, -0.1) is 0 Å². The van der Waals surface area contributed by atoms with Gasteiger partial charge in [0.2, 0.25) is 0 Å². The summed E-state index contributed by atoms with van der Waals surface area (Å²) in [5.41, 5.74) is 4.52. The number of likely N-dealkylation sites (N-methyl/N-ethyl adjacent to an activating group) is 1. The number of hydrogen-bond acceptors (Lipinski definition) is 5. The van der Waals surface area contributed by atoms with Gasteiger partial charge in [-0.2, -0.15) is 10.2 Å². The lowest BCUT2D eigenvalue weighted by Gasteiger charge is -2.25. The van der Waals surface area contributed by atoms with Crippen LogP contribution in [0.25, 0.3) is 16.9 Å². The van der Waals surface area contributed by atoms with Gasteiger partial charge in [0.25, 0.3) is 5.91 Å². The number of hydrazone groups is 1. The largest absolute Gasteiger partial charge is 0.463 e. The highest BCUT2D eigenvalue weighted by atomic mass is 16.3. The maximum Gasteiger partial charge on any atom is 0.257 e. The Balaban J connectivity index is 1.59. The first kappa shape index (κ1) is 22.8. The molecule has 0 fully saturated rings. The molecular weight excluding hydrogens is 438 g/mol. The van der Waals surface area contributed by atoms with Crippen molar-refractivity contribution in [1.29, 1.82) is 0 Å². The molecule has 1 aliphatic heterocycles. The van der Waals surface area contributed by atoms with Gasteiger partial charge < -0.3 is 4.42 Å². The van der Waals surface area contributed by atoms with Crippen molar-refractivity contribution < 1.29 is 9.21 Å². The molecule has 2 aromatic carbocycles. The van der Waals surface area contributed by atoms with Crippen LogP contribution in [0.2, 0.25) is 0 Å². The highest BCUT2D eigenvalue weighted by Crippen LogP contribution is 2.38. The van der Waals surface area contributed by atoms with Crippen LogP contribution >= 0.6 is 0 Å². The molecule has 1 amide bonds. The van der Waals surface area contributed by atoms with E-state index in [1.54, 1.807) is 11.3 Å². The summed E-state index contributed by atoms with van der Waals surface area (Å²) < 4.78 is 7.53. The summed E-state index contributed by atoms with van der Waals surface area (Å²) in [6, 6.07) is 23.6. The Morgan fingerprint density at radius 2 is 1.71 bits per heavy atom. The highest BCUT2D eigenvalue weighted by Gasteiger charge is 2.37. The smallest absolute Gasteiger partial charge is 0.257 e. The summed E-state index contributed by atoms with van der Waals surface area (Å²) in [6.45, 7) is 6.04. The van der Waals surface area contributed by atoms with Gasteiger partial charge in [-0.05, 0) is 37.4 Å². The predicted molar refractivity (Wildman–Crippen MR) is 136 cm³/mol. The predicted octanol–water partition coefficient (Wildman–Crippen LogP) is 5.15. The molecule has 178 valence electrons. The molecule has 0 N–H and O–H groups in total. The zero-order valence-corrected chi connectivity index (χ0v) is 20.0. The number of benzene rings is 2. The fourth-order valence-electron chi connectivity index (χ4n) is 4.45. The lowest BCUT2D eigenvalue weighted by atomic mass is 9.98. The molecule has 0 saturated heterocycles. The summed E-state index contributed by atoms with van der Waals surface area (Å²) in [6.07, 6.45) is 4.22. The van der Waals surface area contributed by atoms with Crippen LogP contribution in [-0.2, 0) is 4.79 Å². The van der Waals surface area contributed by atoms with Gasteiger partial charge in [0.05, 0.1) is 30.2 Å². The van der Waals surface area contributed by atoms with E-state index in [1.807, 2.05) is 83.7 Å². The molecule has 35 heavy (non-hydrogen) atoms. The third-order valence-corrected chi connectivity index (χ3v) is 6.39. The molecule has 4 aromatic rings. The Kier molecular flexibility index (Phi) is 6.59. The highest BCUT2D eigenvalue weighted by molar-refractivity contribution is 6.01. The second-order valence-electron chi connectivity index (χ2n) is 8.52. The van der Waals surface area contributed by atoms with E-state index in [2.05, 4.69) is 18.7 Å². The standard InChI is InChI=1S/C28H29N5O2/c1-3-31(4-2)20-27(34)33-25(18-24(29-33)26-16-11-17-35-26)23-19-32(22-14-9-6-10-15-22)30-28(23)21-12-7-5-8-13-21/h5-17,19,25H,3-4,18,20H2,1-2H3. The SMILES string of the molecule is CCN(CC)CC(=O)N1N=C(c2ccco2)CC1c1cn(-c2ccccc2)nc1-c1ccccc1. The molecular formula is C28H29N5O2. The van der Waals surface area contributed by atoms with Crippen molar-refractivity contribution in [3.63, 3.8) is 0 Å². The third kappa shape index (κ3) is 4.68. The van der Waals surface area contributed by atoms with Crippen molar-refractivity contribution in [2.75, 3.05) is 19.6 Å². The average Bonchev–Trinajstić information content (AvgIpc) is 3.67. The quantitative estimate of drug-likeness (QED) is 0.359. The van der Waals surface area contributed by atoms with Crippen molar-refractivity contribution in [1.82, 2.24) is 19.7 Å². The summed E-state index contributed by atoms with van der Waals surface area (Å²) in [7, 11) is 0. The van der Waals surface area contributed by atoms with E-state index in [0.717, 1.165) is 41.3 Å². The van der Waals surface area contributed by atoms with E-state index in [-0.39, 0.29) is 11.9 Å². The molecule has 1 aliphatic rings. The minimum Gasteiger partial charge on any atom is -0.463 e. The van der Waals surface area contributed by atoms with Gasteiger partial charge in [0.15, 0.2) is 0 Å². The minimum atomic E-state index is -0.286. The number of furan rings is 1. The maximum absolute atomic E-state index is 13.5. The number of amides is 1. The molecule has 3 heterocycles. The Hall–Kier alpha value is -3.97. The molecule has 1 unspecified atom stereocenters. The monoisotopic (exact) mass is 467 g/mol. The molecule has 2 aromatic heterocycles. The lowest BCUT2D eigenvalue weighted by Crippen LogP contribution is -2.38. The number of aromatic nitrogens is 2. The Morgan fingerprint density at radius 1 is 1.00 bits per heavy atom. The maximum atomic E-state index is 13.5. The van der Waals surface area contributed by atoms with Crippen molar-refractivity contribution in [3.05, 3.63) is 96.6 Å². The molecule has 7 nitrogen and oxygen atoms in total. The van der Waals surface area contributed by atoms with Gasteiger partial charge in [-0.25, -0.2) is 9.69 Å². The summed E-state index contributed by atoms with van der Waals surface area (Å²) in [4.78, 5) is 15.6. The van der Waals surface area contributed by atoms with Crippen LogP contribution in [-0.4, -0.2) is 50.9 Å². The van der Waals surface area contributed by atoms with Crippen LogP contribution in [0.4, 0.5) is 0 Å². The summed E-state index contributed by atoms with van der Waals surface area (Å²) in [5.74, 6) is 0.650. The number of rotatable bonds is 8. The number of para-hydroxylation sites is 1. The van der Waals surface area contributed by atoms with Crippen LogP contribution in [0.3, 0.4) is 0 Å². The Morgan fingerprint density at radius 3 is 2.37 bits per heavy atom. The Labute approximate surface area is 205 Å². The minimum absolute atomic E-state index is 0.0354. The summed E-state index contributed by atoms with van der Waals surface area (Å²) >= 11 is 0. The molecule has 0 aliphatic carbocycles. The van der Waals surface area contributed by atoms with Crippen molar-refractivity contribution in [2.45, 2.75) is 26.3 Å². The van der Waals surface area contributed by atoms with E-state index in [0.29, 0.717) is 18.7 Å². The van der Waals surface area contributed by atoms with E-state index >= 15 is 0 Å². The van der Waals surface area contributed by atoms with Crippen molar-refractivity contribution in [3.8, 4) is 16.9 Å². The second-order valence-corrected chi connectivity index (χ2v) is 8.52. The molecule has 7 heteroatoms. The molecule has 1 atom stereocenters. The zero-order valence-electron chi connectivity index (χ0n) is 20.0. The second kappa shape index (κ2) is 10.1. The van der Waals surface area contributed by atoms with Gasteiger partial charge in [0, 0.05) is 23.7 Å². The van der Waals surface area contributed by atoms with E-state index in [9.17, 15) is 4.79 Å². The summed E-state index contributed by atoms with van der Waals surface area (Å²) in [5, 5.41) is 11.4. The fraction of sp³-hybridized carbons (Fsp3) is 0.250. The van der Waals surface area contributed by atoms with Gasteiger partial charge in [-0.1, -0.05) is 62.4 Å². The van der Waals surface area contributed by atoms with Crippen LogP contribution in [0.15, 0.2) is 94.8 Å². The normalized spacial score (nSPS) is 15.6. The molecule has 0 radical (unpaired) electrons. The molecule has 0 bridgehead atoms. The van der Waals surface area contributed by atoms with Crippen LogP contribution < -0.4 is 0 Å². The van der Waals surface area contributed by atoms with Crippen LogP contribution in [0.5, 0.6) is 0 Å². The first-order valence-electron chi connectivity index (χ1n) is 12.0. The van der Waals surface area contributed by atoms with Crippen LogP contribution in [0, 0.1) is 0 Å². The number of carbonyl (C=O) groups is 1. The molecule has 5 rings (SSSR count). The first-order chi connectivity index (χ1) is 17.2. The third-order valence-electron chi connectivity index (χ3n) is 6.39. The molecule has 0 saturated carbocycles. The van der Waals surface area contributed by atoms with E-state index in [1.165, 1.54) is 0 Å². The lowest BCUT2D eigenvalue weighted by molar-refractivity contribution is -0.134. The van der Waals surface area contributed by atoms with Gasteiger partial charge in [0.1, 0.15) is 11.5 Å². The number of hydrogen-bond donors (Lipinski definition) is 0. The Bertz CT molecular complexity index is 1290.